The Balaban J connectivity index is 2.13. The van der Waals surface area contributed by atoms with E-state index in [9.17, 15) is 8.42 Å². The lowest BCUT2D eigenvalue weighted by molar-refractivity contribution is 0.228. The Morgan fingerprint density at radius 1 is 1.48 bits per heavy atom. The monoisotopic (exact) mass is 331 g/mol. The number of nitrogens with one attached hydrogen (secondary N) is 1. The van der Waals surface area contributed by atoms with Crippen LogP contribution in [-0.2, 0) is 10.0 Å². The molecule has 116 valence electrons. The molecular weight excluding hydrogens is 314 g/mol. The minimum Gasteiger partial charge on any atom is -0.396 e. The number of rotatable bonds is 7. The Hall–Kier alpha value is -1.15. The largest absolute Gasteiger partial charge is 0.396 e. The van der Waals surface area contributed by atoms with Gasteiger partial charge in [0.25, 0.3) is 10.0 Å². The van der Waals surface area contributed by atoms with Crippen molar-refractivity contribution in [3.05, 3.63) is 29.5 Å². The fourth-order valence-corrected chi connectivity index (χ4v) is 3.71. The van der Waals surface area contributed by atoms with Crippen LogP contribution in [0, 0.1) is 5.92 Å². The van der Waals surface area contributed by atoms with Gasteiger partial charge in [-0.15, -0.1) is 0 Å². The molecular formula is C13H18ClN3O3S. The van der Waals surface area contributed by atoms with Crippen LogP contribution in [0.1, 0.15) is 19.8 Å². The number of aliphatic hydroxyl groups is 1. The normalized spacial score (nSPS) is 13.7. The SMILES string of the molecule is CC(CO)CCCNS(=O)(=O)c1c(Cl)nc2ccccn12. The molecule has 21 heavy (non-hydrogen) atoms. The average molecular weight is 332 g/mol. The first kappa shape index (κ1) is 16.2. The number of sulfonamides is 1. The van der Waals surface area contributed by atoms with Crippen molar-refractivity contribution in [3.63, 3.8) is 0 Å². The summed E-state index contributed by atoms with van der Waals surface area (Å²) in [5.41, 5.74) is 0.483. The van der Waals surface area contributed by atoms with Gasteiger partial charge in [-0.2, -0.15) is 0 Å². The Kier molecular flexibility index (Phi) is 5.21. The summed E-state index contributed by atoms with van der Waals surface area (Å²) < 4.78 is 28.6. The van der Waals surface area contributed by atoms with Gasteiger partial charge < -0.3 is 5.11 Å². The maximum absolute atomic E-state index is 12.3. The first-order valence-electron chi connectivity index (χ1n) is 6.69. The van der Waals surface area contributed by atoms with Crippen LogP contribution in [0.5, 0.6) is 0 Å². The molecule has 0 radical (unpaired) electrons. The van der Waals surface area contributed by atoms with Gasteiger partial charge in [-0.05, 0) is 30.9 Å². The van der Waals surface area contributed by atoms with Crippen LogP contribution in [-0.4, -0.2) is 36.1 Å². The smallest absolute Gasteiger partial charge is 0.259 e. The van der Waals surface area contributed by atoms with Crippen molar-refractivity contribution in [2.24, 2.45) is 5.92 Å². The molecule has 2 aromatic heterocycles. The van der Waals surface area contributed by atoms with E-state index in [0.717, 1.165) is 6.42 Å². The van der Waals surface area contributed by atoms with E-state index < -0.39 is 10.0 Å². The molecule has 8 heteroatoms. The van der Waals surface area contributed by atoms with E-state index in [4.69, 9.17) is 16.7 Å². The number of aliphatic hydroxyl groups excluding tert-OH is 1. The Morgan fingerprint density at radius 2 is 2.24 bits per heavy atom. The van der Waals surface area contributed by atoms with Crippen LogP contribution in [0.25, 0.3) is 5.65 Å². The number of fused-ring (bicyclic) bond motifs is 1. The molecule has 0 saturated carbocycles. The minimum absolute atomic E-state index is 0.0440. The molecule has 0 bridgehead atoms. The van der Waals surface area contributed by atoms with E-state index in [-0.39, 0.29) is 22.7 Å². The van der Waals surface area contributed by atoms with Crippen LogP contribution in [0.3, 0.4) is 0 Å². The molecule has 0 fully saturated rings. The second-order valence-corrected chi connectivity index (χ2v) is 7.00. The number of hydrogen-bond donors (Lipinski definition) is 2. The van der Waals surface area contributed by atoms with Crippen molar-refractivity contribution in [1.82, 2.24) is 14.1 Å². The summed E-state index contributed by atoms with van der Waals surface area (Å²) in [6.07, 6.45) is 3.01. The van der Waals surface area contributed by atoms with Crippen LogP contribution in [0.2, 0.25) is 5.15 Å². The standard InChI is InChI=1S/C13H18ClN3O3S/c1-10(9-18)5-4-7-15-21(19,20)13-12(14)16-11-6-2-3-8-17(11)13/h2-3,6,8,10,15,18H,4-5,7,9H2,1H3. The average Bonchev–Trinajstić information content (AvgIpc) is 2.79. The zero-order valence-electron chi connectivity index (χ0n) is 11.7. The highest BCUT2D eigenvalue weighted by molar-refractivity contribution is 7.89. The Morgan fingerprint density at radius 3 is 2.95 bits per heavy atom. The summed E-state index contributed by atoms with van der Waals surface area (Å²) in [5.74, 6) is 0.161. The summed E-state index contributed by atoms with van der Waals surface area (Å²) in [6, 6.07) is 5.17. The van der Waals surface area contributed by atoms with Crippen LogP contribution < -0.4 is 4.72 Å². The third-order valence-electron chi connectivity index (χ3n) is 3.18. The lowest BCUT2D eigenvalue weighted by atomic mass is 10.1. The van der Waals surface area contributed by atoms with Gasteiger partial charge in [-0.3, -0.25) is 4.40 Å². The molecule has 2 N–H and O–H groups in total. The van der Waals surface area contributed by atoms with E-state index in [2.05, 4.69) is 9.71 Å². The summed E-state index contributed by atoms with van der Waals surface area (Å²) in [6.45, 7) is 2.31. The van der Waals surface area contributed by atoms with E-state index in [1.807, 2.05) is 6.92 Å². The van der Waals surface area contributed by atoms with Crippen molar-refractivity contribution >= 4 is 27.3 Å². The topological polar surface area (TPSA) is 83.7 Å². The molecule has 0 saturated heterocycles. The molecule has 6 nitrogen and oxygen atoms in total. The second-order valence-electron chi connectivity index (χ2n) is 4.96. The maximum Gasteiger partial charge on any atom is 0.259 e. The Bertz CT molecular complexity index is 715. The van der Waals surface area contributed by atoms with Crippen molar-refractivity contribution in [3.8, 4) is 0 Å². The summed E-state index contributed by atoms with van der Waals surface area (Å²) >= 11 is 5.95. The highest BCUT2D eigenvalue weighted by atomic mass is 35.5. The zero-order valence-corrected chi connectivity index (χ0v) is 13.2. The summed E-state index contributed by atoms with van der Waals surface area (Å²) in [7, 11) is -3.72. The van der Waals surface area contributed by atoms with Crippen LogP contribution in [0.4, 0.5) is 0 Å². The van der Waals surface area contributed by atoms with Crippen LogP contribution in [0.15, 0.2) is 29.4 Å². The molecule has 0 aliphatic heterocycles. The van der Waals surface area contributed by atoms with Gasteiger partial charge in [0, 0.05) is 19.3 Å². The van der Waals surface area contributed by atoms with Crippen molar-refractivity contribution in [1.29, 1.82) is 0 Å². The van der Waals surface area contributed by atoms with Gasteiger partial charge in [0.2, 0.25) is 0 Å². The molecule has 1 unspecified atom stereocenters. The molecule has 2 heterocycles. The number of aromatic nitrogens is 2. The van der Waals surface area contributed by atoms with E-state index in [1.54, 1.807) is 24.4 Å². The summed E-state index contributed by atoms with van der Waals surface area (Å²) in [5, 5.41) is 8.84. The van der Waals surface area contributed by atoms with Crippen molar-refractivity contribution < 1.29 is 13.5 Å². The molecule has 0 amide bonds. The Labute approximate surface area is 128 Å². The summed E-state index contributed by atoms with van der Waals surface area (Å²) in [4.78, 5) is 4.03. The van der Waals surface area contributed by atoms with E-state index >= 15 is 0 Å². The van der Waals surface area contributed by atoms with Gasteiger partial charge in [0.05, 0.1) is 0 Å². The molecule has 0 aliphatic rings. The third-order valence-corrected chi connectivity index (χ3v) is 5.04. The van der Waals surface area contributed by atoms with Crippen molar-refractivity contribution in [2.75, 3.05) is 13.2 Å². The molecule has 2 rings (SSSR count). The first-order chi connectivity index (χ1) is 9.95. The number of hydrogen-bond acceptors (Lipinski definition) is 4. The lowest BCUT2D eigenvalue weighted by Crippen LogP contribution is -2.26. The number of pyridine rings is 1. The van der Waals surface area contributed by atoms with Gasteiger partial charge in [-0.1, -0.05) is 24.6 Å². The second kappa shape index (κ2) is 6.74. The number of halogens is 1. The predicted octanol–water partition coefficient (Wildman–Crippen LogP) is 1.67. The van der Waals surface area contributed by atoms with E-state index in [0.29, 0.717) is 18.6 Å². The van der Waals surface area contributed by atoms with Gasteiger partial charge in [0.1, 0.15) is 5.65 Å². The molecule has 2 aromatic rings. The third kappa shape index (κ3) is 3.74. The van der Waals surface area contributed by atoms with Gasteiger partial charge in [-0.25, -0.2) is 18.1 Å². The molecule has 0 spiro atoms. The van der Waals surface area contributed by atoms with Gasteiger partial charge in [0.15, 0.2) is 10.2 Å². The highest BCUT2D eigenvalue weighted by Gasteiger charge is 2.23. The zero-order chi connectivity index (χ0) is 15.5. The quantitative estimate of drug-likeness (QED) is 0.756. The lowest BCUT2D eigenvalue weighted by Gasteiger charge is -2.09. The first-order valence-corrected chi connectivity index (χ1v) is 8.55. The molecule has 0 aromatic carbocycles. The van der Waals surface area contributed by atoms with Gasteiger partial charge >= 0.3 is 0 Å². The maximum atomic E-state index is 12.3. The minimum atomic E-state index is -3.72. The molecule has 0 aliphatic carbocycles. The van der Waals surface area contributed by atoms with E-state index in [1.165, 1.54) is 4.40 Å². The fraction of sp³-hybridized carbons (Fsp3) is 0.462. The predicted molar refractivity (Wildman–Crippen MR) is 80.9 cm³/mol. The fourth-order valence-electron chi connectivity index (χ4n) is 2.00. The van der Waals surface area contributed by atoms with Crippen molar-refractivity contribution in [2.45, 2.75) is 24.8 Å². The van der Waals surface area contributed by atoms with Crippen LogP contribution >= 0.6 is 11.6 Å². The number of nitrogens with zero attached hydrogens (tertiary/aromatic N) is 2. The number of imidazole rings is 1. The highest BCUT2D eigenvalue weighted by Crippen LogP contribution is 2.22. The molecule has 1 atom stereocenters.